The van der Waals surface area contributed by atoms with E-state index >= 15 is 0 Å². The van der Waals surface area contributed by atoms with E-state index in [0.29, 0.717) is 25.8 Å². The normalized spacial score (nSPS) is 33.8. The first kappa shape index (κ1) is 14.0. The van der Waals surface area contributed by atoms with Gasteiger partial charge in [-0.05, 0) is 39.7 Å². The van der Waals surface area contributed by atoms with Gasteiger partial charge in [-0.15, -0.1) is 0 Å². The van der Waals surface area contributed by atoms with Crippen molar-refractivity contribution in [3.8, 4) is 0 Å². The van der Waals surface area contributed by atoms with Crippen LogP contribution in [0.1, 0.15) is 34.1 Å². The molecule has 1 heterocycles. The van der Waals surface area contributed by atoms with E-state index in [1.807, 2.05) is 33.8 Å². The third-order valence-corrected chi connectivity index (χ3v) is 4.67. The summed E-state index contributed by atoms with van der Waals surface area (Å²) in [6.45, 7) is 8.67. The number of rotatable bonds is 2. The summed E-state index contributed by atoms with van der Waals surface area (Å²) < 4.78 is 0. The Morgan fingerprint density at radius 1 is 1.37 bits per heavy atom. The molecule has 1 fully saturated rings. The maximum Gasteiger partial charge on any atom is 0.232 e. The van der Waals surface area contributed by atoms with Crippen molar-refractivity contribution in [2.75, 3.05) is 13.1 Å². The molecule has 4 heteroatoms. The summed E-state index contributed by atoms with van der Waals surface area (Å²) in [5.74, 6) is -0.693. The van der Waals surface area contributed by atoms with Gasteiger partial charge in [0, 0.05) is 18.5 Å². The van der Waals surface area contributed by atoms with E-state index < -0.39 is 16.7 Å². The van der Waals surface area contributed by atoms with Gasteiger partial charge in [0.1, 0.15) is 6.29 Å². The van der Waals surface area contributed by atoms with Gasteiger partial charge < -0.3 is 9.69 Å². The smallest absolute Gasteiger partial charge is 0.232 e. The van der Waals surface area contributed by atoms with Crippen LogP contribution < -0.4 is 0 Å². The molecular weight excluding hydrogens is 242 g/mol. The van der Waals surface area contributed by atoms with Gasteiger partial charge in [-0.2, -0.15) is 0 Å². The van der Waals surface area contributed by atoms with E-state index in [9.17, 15) is 14.4 Å². The summed E-state index contributed by atoms with van der Waals surface area (Å²) in [6, 6.07) is 0. The maximum atomic E-state index is 12.6. The van der Waals surface area contributed by atoms with Crippen LogP contribution in [0.3, 0.4) is 0 Å². The summed E-state index contributed by atoms with van der Waals surface area (Å²) in [5, 5.41) is 0. The lowest BCUT2D eigenvalue weighted by Gasteiger charge is -2.50. The highest BCUT2D eigenvalue weighted by Gasteiger charge is 2.56. The van der Waals surface area contributed by atoms with Gasteiger partial charge in [0.2, 0.25) is 5.91 Å². The van der Waals surface area contributed by atoms with Crippen LogP contribution in [0.2, 0.25) is 0 Å². The first-order chi connectivity index (χ1) is 8.79. The minimum atomic E-state index is -0.728. The lowest BCUT2D eigenvalue weighted by Crippen LogP contribution is -2.56. The van der Waals surface area contributed by atoms with Crippen molar-refractivity contribution in [1.29, 1.82) is 0 Å². The molecule has 1 amide bonds. The predicted molar refractivity (Wildman–Crippen MR) is 71.4 cm³/mol. The number of carbonyl (C=O) groups excluding carboxylic acids is 3. The molecule has 0 bridgehead atoms. The predicted octanol–water partition coefficient (Wildman–Crippen LogP) is 1.60. The minimum Gasteiger partial charge on any atom is -0.338 e. The van der Waals surface area contributed by atoms with E-state index in [0.717, 1.165) is 5.57 Å². The summed E-state index contributed by atoms with van der Waals surface area (Å²) in [6.07, 6.45) is 3.01. The topological polar surface area (TPSA) is 54.5 Å². The molecule has 0 N–H and O–H groups in total. The van der Waals surface area contributed by atoms with Crippen LogP contribution in [-0.4, -0.2) is 36.0 Å². The molecule has 2 aliphatic rings. The molecule has 2 atom stereocenters. The van der Waals surface area contributed by atoms with Crippen LogP contribution in [0.4, 0.5) is 0 Å². The number of carbonyl (C=O) groups is 3. The molecule has 4 nitrogen and oxygen atoms in total. The molecular formula is C15H21NO3. The molecule has 0 spiro atoms. The van der Waals surface area contributed by atoms with E-state index in [4.69, 9.17) is 0 Å². The average Bonchev–Trinajstić information content (AvgIpc) is 2.37. The fourth-order valence-electron chi connectivity index (χ4n) is 3.63. The van der Waals surface area contributed by atoms with Gasteiger partial charge in [-0.25, -0.2) is 0 Å². The number of Topliss-reactive ketones (excluding diaryl/α,β-unsaturated/α-hetero) is 1. The van der Waals surface area contributed by atoms with Gasteiger partial charge in [-0.1, -0.05) is 6.08 Å². The van der Waals surface area contributed by atoms with Gasteiger partial charge in [0.05, 0.1) is 11.3 Å². The average molecular weight is 263 g/mol. The number of aldehydes is 1. The molecule has 19 heavy (non-hydrogen) atoms. The molecule has 2 unspecified atom stereocenters. The molecule has 0 aromatic heterocycles. The summed E-state index contributed by atoms with van der Waals surface area (Å²) in [5.41, 5.74) is -0.552. The Balaban J connectivity index is 2.55. The van der Waals surface area contributed by atoms with Crippen molar-refractivity contribution in [2.24, 2.45) is 16.7 Å². The lowest BCUT2D eigenvalue weighted by molar-refractivity contribution is -0.148. The highest BCUT2D eigenvalue weighted by Crippen LogP contribution is 2.52. The third-order valence-electron chi connectivity index (χ3n) is 4.67. The van der Waals surface area contributed by atoms with Gasteiger partial charge in [-0.3, -0.25) is 9.59 Å². The summed E-state index contributed by atoms with van der Waals surface area (Å²) in [7, 11) is 0. The monoisotopic (exact) mass is 263 g/mol. The zero-order valence-corrected chi connectivity index (χ0v) is 12.0. The quantitative estimate of drug-likeness (QED) is 0.432. The number of hydrogen-bond donors (Lipinski definition) is 0. The molecule has 104 valence electrons. The van der Waals surface area contributed by atoms with Crippen LogP contribution >= 0.6 is 0 Å². The van der Waals surface area contributed by atoms with E-state index in [1.165, 1.54) is 0 Å². The lowest BCUT2D eigenvalue weighted by atomic mass is 9.55. The number of amides is 1. The van der Waals surface area contributed by atoms with Crippen molar-refractivity contribution in [3.63, 3.8) is 0 Å². The fourth-order valence-corrected chi connectivity index (χ4v) is 3.63. The van der Waals surface area contributed by atoms with Crippen molar-refractivity contribution < 1.29 is 14.4 Å². The first-order valence-corrected chi connectivity index (χ1v) is 6.79. The van der Waals surface area contributed by atoms with Gasteiger partial charge in [0.15, 0.2) is 5.78 Å². The first-order valence-electron chi connectivity index (χ1n) is 6.79. The van der Waals surface area contributed by atoms with Crippen LogP contribution in [0.5, 0.6) is 0 Å². The molecule has 0 radical (unpaired) electrons. The van der Waals surface area contributed by atoms with Crippen LogP contribution in [0.15, 0.2) is 11.6 Å². The molecule has 0 aromatic carbocycles. The second-order valence-corrected chi connectivity index (χ2v) is 6.23. The van der Waals surface area contributed by atoms with Gasteiger partial charge >= 0.3 is 0 Å². The van der Waals surface area contributed by atoms with E-state index in [1.54, 1.807) is 4.90 Å². The highest BCUT2D eigenvalue weighted by molar-refractivity contribution is 6.03. The van der Waals surface area contributed by atoms with Crippen molar-refractivity contribution in [2.45, 2.75) is 34.1 Å². The molecule has 1 aliphatic heterocycles. The summed E-state index contributed by atoms with van der Waals surface area (Å²) in [4.78, 5) is 37.9. The molecule has 0 saturated heterocycles. The highest BCUT2D eigenvalue weighted by atomic mass is 16.2. The summed E-state index contributed by atoms with van der Waals surface area (Å²) >= 11 is 0. The van der Waals surface area contributed by atoms with E-state index in [-0.39, 0.29) is 11.7 Å². The Kier molecular flexibility index (Phi) is 3.15. The fraction of sp³-hybridized carbons (Fsp3) is 0.667. The largest absolute Gasteiger partial charge is 0.338 e. The number of nitrogens with zero attached hydrogens (tertiary/aromatic N) is 1. The number of hydrogen-bond acceptors (Lipinski definition) is 3. The van der Waals surface area contributed by atoms with E-state index in [2.05, 4.69) is 0 Å². The van der Waals surface area contributed by atoms with Crippen LogP contribution in [0.25, 0.3) is 0 Å². The SMILES string of the molecule is CCN1CC=C2C(C)(C)C(=O)C(C=O)CC2(C)C1=O. The Bertz CT molecular complexity index is 478. The second-order valence-electron chi connectivity index (χ2n) is 6.23. The Hall–Kier alpha value is -1.45. The number of likely N-dealkylation sites (N-methyl/N-ethyl adjacent to an activating group) is 1. The second kappa shape index (κ2) is 4.29. The standard InChI is InChI=1S/C15H21NO3/c1-5-16-7-6-11-14(2,3)12(18)10(9-17)8-15(11,4)13(16)19/h6,9-10H,5,7-8H2,1-4H3. The zero-order valence-electron chi connectivity index (χ0n) is 12.0. The molecule has 0 aromatic rings. The Labute approximate surface area is 113 Å². The molecule has 1 aliphatic carbocycles. The number of fused-ring (bicyclic) bond motifs is 1. The number of ketones is 1. The van der Waals surface area contributed by atoms with Crippen LogP contribution in [-0.2, 0) is 14.4 Å². The zero-order chi connectivity index (χ0) is 14.4. The van der Waals surface area contributed by atoms with Crippen LogP contribution in [0, 0.1) is 16.7 Å². The van der Waals surface area contributed by atoms with Crippen molar-refractivity contribution in [1.82, 2.24) is 4.90 Å². The van der Waals surface area contributed by atoms with Crippen molar-refractivity contribution >= 4 is 18.0 Å². The van der Waals surface area contributed by atoms with Gasteiger partial charge in [0.25, 0.3) is 0 Å². The Morgan fingerprint density at radius 3 is 2.53 bits per heavy atom. The van der Waals surface area contributed by atoms with Crippen molar-refractivity contribution in [3.05, 3.63) is 11.6 Å². The Morgan fingerprint density at radius 2 is 2.00 bits per heavy atom. The minimum absolute atomic E-state index is 0.0416. The maximum absolute atomic E-state index is 12.6. The molecule has 1 saturated carbocycles. The third kappa shape index (κ3) is 1.77. The molecule has 2 rings (SSSR count).